The number of aromatic nitrogens is 1. The van der Waals surface area contributed by atoms with Crippen molar-refractivity contribution in [3.05, 3.63) is 78.0 Å². The second kappa shape index (κ2) is 6.51. The fourth-order valence-electron chi connectivity index (χ4n) is 3.48. The van der Waals surface area contributed by atoms with E-state index in [1.807, 2.05) is 48.2 Å². The van der Waals surface area contributed by atoms with Gasteiger partial charge in [-0.2, -0.15) is 0 Å². The van der Waals surface area contributed by atoms with E-state index in [1.165, 1.54) is 0 Å². The Morgan fingerprint density at radius 3 is 2.84 bits per heavy atom. The number of carbonyl (C=O) groups excluding carboxylic acids is 1. The number of hydrogen-bond donors (Lipinski definition) is 1. The van der Waals surface area contributed by atoms with Gasteiger partial charge in [-0.3, -0.25) is 0 Å². The Morgan fingerprint density at radius 1 is 1.16 bits per heavy atom. The highest BCUT2D eigenvalue weighted by Gasteiger charge is 2.31. The van der Waals surface area contributed by atoms with Gasteiger partial charge in [-0.1, -0.05) is 18.2 Å². The summed E-state index contributed by atoms with van der Waals surface area (Å²) in [6.45, 7) is 3.59. The Kier molecular flexibility index (Phi) is 4.06. The number of anilines is 1. The van der Waals surface area contributed by atoms with Crippen molar-refractivity contribution in [2.75, 3.05) is 11.9 Å². The molecule has 3 aromatic rings. The van der Waals surface area contributed by atoms with Crippen LogP contribution in [0.1, 0.15) is 29.3 Å². The molecule has 0 fully saturated rings. The Labute approximate surface area is 146 Å². The number of furan rings is 1. The molecule has 0 bridgehead atoms. The smallest absolute Gasteiger partial charge is 0.322 e. The second-order valence-electron chi connectivity index (χ2n) is 6.38. The standard InChI is InChI=1S/C20H21N3O2/c1-15-6-2-3-7-17(15)21-20(24)23-12-5-11-22-10-4-8-18(22)19(23)16-9-13-25-14-16/h2-4,6-10,13-14,19H,5,11-12H2,1H3,(H,21,24). The number of fused-ring (bicyclic) bond motifs is 1. The Bertz CT molecular complexity index is 867. The number of aryl methyl sites for hydroxylation is 2. The molecule has 2 amide bonds. The Morgan fingerprint density at radius 2 is 2.04 bits per heavy atom. The van der Waals surface area contributed by atoms with Gasteiger partial charge in [0.1, 0.15) is 6.04 Å². The van der Waals surface area contributed by atoms with Gasteiger partial charge < -0.3 is 19.2 Å². The molecule has 5 heteroatoms. The highest BCUT2D eigenvalue weighted by atomic mass is 16.3. The van der Waals surface area contributed by atoms with Crippen LogP contribution < -0.4 is 5.32 Å². The highest BCUT2D eigenvalue weighted by molar-refractivity contribution is 5.90. The Balaban J connectivity index is 1.69. The van der Waals surface area contributed by atoms with Crippen LogP contribution in [0.5, 0.6) is 0 Å². The molecule has 0 aliphatic carbocycles. The molecule has 1 unspecified atom stereocenters. The number of urea groups is 1. The zero-order valence-electron chi connectivity index (χ0n) is 14.2. The van der Waals surface area contributed by atoms with Crippen LogP contribution >= 0.6 is 0 Å². The summed E-state index contributed by atoms with van der Waals surface area (Å²) in [6, 6.07) is 13.6. The summed E-state index contributed by atoms with van der Waals surface area (Å²) >= 11 is 0. The molecule has 1 atom stereocenters. The van der Waals surface area contributed by atoms with Crippen LogP contribution in [0.2, 0.25) is 0 Å². The van der Waals surface area contributed by atoms with E-state index in [1.54, 1.807) is 12.5 Å². The lowest BCUT2D eigenvalue weighted by Gasteiger charge is -2.30. The summed E-state index contributed by atoms with van der Waals surface area (Å²) in [7, 11) is 0. The van der Waals surface area contributed by atoms with E-state index in [0.29, 0.717) is 6.54 Å². The van der Waals surface area contributed by atoms with Crippen molar-refractivity contribution in [3.63, 3.8) is 0 Å². The maximum Gasteiger partial charge on any atom is 0.322 e. The molecular formula is C20H21N3O2. The third-order valence-corrected chi connectivity index (χ3v) is 4.76. The molecule has 2 aromatic heterocycles. The van der Waals surface area contributed by atoms with E-state index in [4.69, 9.17) is 4.42 Å². The third kappa shape index (κ3) is 2.93. The molecule has 1 N–H and O–H groups in total. The minimum absolute atomic E-state index is 0.0878. The predicted octanol–water partition coefficient (Wildman–Crippen LogP) is 4.42. The molecule has 4 rings (SSSR count). The molecule has 1 aromatic carbocycles. The van der Waals surface area contributed by atoms with Gasteiger partial charge in [-0.25, -0.2) is 4.79 Å². The van der Waals surface area contributed by atoms with E-state index in [2.05, 4.69) is 22.1 Å². The summed E-state index contributed by atoms with van der Waals surface area (Å²) in [6.07, 6.45) is 6.37. The maximum atomic E-state index is 13.1. The number of nitrogens with one attached hydrogen (secondary N) is 1. The average Bonchev–Trinajstić information content (AvgIpc) is 3.26. The van der Waals surface area contributed by atoms with E-state index in [9.17, 15) is 4.79 Å². The first-order chi connectivity index (χ1) is 12.2. The van der Waals surface area contributed by atoms with E-state index in [0.717, 1.165) is 35.5 Å². The topological polar surface area (TPSA) is 50.4 Å². The minimum atomic E-state index is -0.153. The van der Waals surface area contributed by atoms with Gasteiger partial charge in [-0.15, -0.1) is 0 Å². The molecule has 5 nitrogen and oxygen atoms in total. The first-order valence-corrected chi connectivity index (χ1v) is 8.54. The number of rotatable bonds is 2. The molecule has 0 saturated heterocycles. The Hall–Kier alpha value is -2.95. The lowest BCUT2D eigenvalue weighted by atomic mass is 10.1. The number of hydrogen-bond acceptors (Lipinski definition) is 2. The van der Waals surface area contributed by atoms with Gasteiger partial charge in [0.05, 0.1) is 12.5 Å². The normalized spacial score (nSPS) is 17.0. The van der Waals surface area contributed by atoms with Gasteiger partial charge in [0, 0.05) is 36.2 Å². The average molecular weight is 335 g/mol. The molecule has 3 heterocycles. The largest absolute Gasteiger partial charge is 0.472 e. The number of benzene rings is 1. The van der Waals surface area contributed by atoms with Crippen molar-refractivity contribution in [1.82, 2.24) is 9.47 Å². The van der Waals surface area contributed by atoms with Crippen molar-refractivity contribution in [3.8, 4) is 0 Å². The van der Waals surface area contributed by atoms with Crippen molar-refractivity contribution >= 4 is 11.7 Å². The van der Waals surface area contributed by atoms with Crippen LogP contribution in [0.25, 0.3) is 0 Å². The fourth-order valence-corrected chi connectivity index (χ4v) is 3.48. The van der Waals surface area contributed by atoms with Crippen LogP contribution in [0, 0.1) is 6.92 Å². The first kappa shape index (κ1) is 15.6. The zero-order valence-corrected chi connectivity index (χ0v) is 14.2. The van der Waals surface area contributed by atoms with Crippen LogP contribution in [0.3, 0.4) is 0 Å². The molecule has 1 aliphatic rings. The quantitative estimate of drug-likeness (QED) is 0.754. The van der Waals surface area contributed by atoms with E-state index < -0.39 is 0 Å². The number of para-hydroxylation sites is 1. The van der Waals surface area contributed by atoms with Crippen LogP contribution in [0.4, 0.5) is 10.5 Å². The predicted molar refractivity (Wildman–Crippen MR) is 96.5 cm³/mol. The molecule has 0 saturated carbocycles. The molecule has 25 heavy (non-hydrogen) atoms. The van der Waals surface area contributed by atoms with Gasteiger partial charge in [0.2, 0.25) is 0 Å². The number of amides is 2. The lowest BCUT2D eigenvalue weighted by molar-refractivity contribution is 0.199. The van der Waals surface area contributed by atoms with Crippen LogP contribution in [-0.2, 0) is 6.54 Å². The van der Waals surface area contributed by atoms with E-state index in [-0.39, 0.29) is 12.1 Å². The summed E-state index contributed by atoms with van der Waals surface area (Å²) in [5, 5.41) is 3.07. The van der Waals surface area contributed by atoms with Gasteiger partial charge >= 0.3 is 6.03 Å². The highest BCUT2D eigenvalue weighted by Crippen LogP contribution is 2.32. The van der Waals surface area contributed by atoms with Crippen molar-refractivity contribution in [1.29, 1.82) is 0 Å². The number of nitrogens with zero attached hydrogens (tertiary/aromatic N) is 2. The zero-order chi connectivity index (χ0) is 17.2. The fraction of sp³-hybridized carbons (Fsp3) is 0.250. The molecule has 1 aliphatic heterocycles. The lowest BCUT2D eigenvalue weighted by Crippen LogP contribution is -2.38. The van der Waals surface area contributed by atoms with Crippen molar-refractivity contribution < 1.29 is 9.21 Å². The van der Waals surface area contributed by atoms with Gasteiger partial charge in [0.15, 0.2) is 0 Å². The molecular weight excluding hydrogens is 314 g/mol. The van der Waals surface area contributed by atoms with Gasteiger partial charge in [-0.05, 0) is 43.2 Å². The van der Waals surface area contributed by atoms with Gasteiger partial charge in [0.25, 0.3) is 0 Å². The molecule has 128 valence electrons. The van der Waals surface area contributed by atoms with E-state index >= 15 is 0 Å². The second-order valence-corrected chi connectivity index (χ2v) is 6.38. The monoisotopic (exact) mass is 335 g/mol. The van der Waals surface area contributed by atoms with Crippen LogP contribution in [-0.4, -0.2) is 22.0 Å². The minimum Gasteiger partial charge on any atom is -0.472 e. The summed E-state index contributed by atoms with van der Waals surface area (Å²) in [4.78, 5) is 15.0. The summed E-state index contributed by atoms with van der Waals surface area (Å²) in [5.74, 6) is 0. The SMILES string of the molecule is Cc1ccccc1NC(=O)N1CCCn2cccc2C1c1ccoc1. The summed E-state index contributed by atoms with van der Waals surface area (Å²) in [5.41, 5.74) is 3.99. The van der Waals surface area contributed by atoms with Crippen molar-refractivity contribution in [2.24, 2.45) is 0 Å². The molecule has 0 radical (unpaired) electrons. The molecule has 0 spiro atoms. The third-order valence-electron chi connectivity index (χ3n) is 4.76. The summed E-state index contributed by atoms with van der Waals surface area (Å²) < 4.78 is 7.52. The van der Waals surface area contributed by atoms with Crippen LogP contribution in [0.15, 0.2) is 65.6 Å². The first-order valence-electron chi connectivity index (χ1n) is 8.54. The van der Waals surface area contributed by atoms with Crippen molar-refractivity contribution in [2.45, 2.75) is 25.9 Å². The maximum absolute atomic E-state index is 13.1. The number of carbonyl (C=O) groups is 1.